The van der Waals surface area contributed by atoms with Crippen LogP contribution in [-0.4, -0.2) is 32.4 Å². The molecule has 0 saturated carbocycles. The molecule has 1 saturated heterocycles. The Morgan fingerprint density at radius 2 is 1.58 bits per heavy atom. The molecule has 5 heteroatoms. The lowest BCUT2D eigenvalue weighted by Gasteiger charge is -2.42. The van der Waals surface area contributed by atoms with Gasteiger partial charge < -0.3 is 5.73 Å². The summed E-state index contributed by atoms with van der Waals surface area (Å²) in [4.78, 5) is 3.07. The van der Waals surface area contributed by atoms with Crippen LogP contribution >= 0.6 is 0 Å². The minimum atomic E-state index is -3.46. The topological polar surface area (TPSA) is 63.4 Å². The summed E-state index contributed by atoms with van der Waals surface area (Å²) in [5.41, 5.74) is 8.48. The molecule has 1 aliphatic heterocycles. The number of nitrogens with zero attached hydrogens (tertiary/aromatic N) is 1. The molecule has 0 amide bonds. The second-order valence-electron chi connectivity index (χ2n) is 8.05. The fraction of sp³-hybridized carbons (Fsp3) is 0.429. The van der Waals surface area contributed by atoms with Crippen molar-refractivity contribution >= 4 is 9.84 Å². The molecule has 4 nitrogen and oxygen atoms in total. The van der Waals surface area contributed by atoms with Gasteiger partial charge in [-0.25, -0.2) is 8.42 Å². The first-order chi connectivity index (χ1) is 12.2. The number of benzene rings is 2. The summed E-state index contributed by atoms with van der Waals surface area (Å²) < 4.78 is 25.5. The fourth-order valence-corrected chi connectivity index (χ4v) is 4.77. The van der Waals surface area contributed by atoms with Crippen LogP contribution < -0.4 is 5.73 Å². The molecule has 1 unspecified atom stereocenters. The zero-order valence-corrected chi connectivity index (χ0v) is 16.6. The van der Waals surface area contributed by atoms with E-state index in [0.717, 1.165) is 37.2 Å². The van der Waals surface area contributed by atoms with Crippen LogP contribution in [0.15, 0.2) is 58.3 Å². The van der Waals surface area contributed by atoms with Crippen molar-refractivity contribution in [3.63, 3.8) is 0 Å². The molecule has 26 heavy (non-hydrogen) atoms. The summed E-state index contributed by atoms with van der Waals surface area (Å²) in [6.07, 6.45) is 0.993. The molecule has 2 aromatic rings. The van der Waals surface area contributed by atoms with Crippen LogP contribution in [0.5, 0.6) is 0 Å². The van der Waals surface area contributed by atoms with Gasteiger partial charge in [0.25, 0.3) is 0 Å². The maximum absolute atomic E-state index is 12.7. The van der Waals surface area contributed by atoms with Crippen LogP contribution in [-0.2, 0) is 16.4 Å². The zero-order valence-electron chi connectivity index (χ0n) is 15.8. The van der Waals surface area contributed by atoms with E-state index in [1.807, 2.05) is 31.2 Å². The number of rotatable bonds is 4. The standard InChI is InChI=1S/C21H28N2O2S/c1-16-4-8-18(9-5-16)26(24,25)19-10-6-17(7-11-19)14-23-13-12-20(22)21(2,3)15-23/h4-11,20H,12-15,22H2,1-3H3. The van der Waals surface area contributed by atoms with Crippen molar-refractivity contribution < 1.29 is 8.42 Å². The highest BCUT2D eigenvalue weighted by Gasteiger charge is 2.33. The Kier molecular flexibility index (Phi) is 5.24. The molecule has 3 rings (SSSR count). The SMILES string of the molecule is Cc1ccc(S(=O)(=O)c2ccc(CN3CCC(N)C(C)(C)C3)cc2)cc1. The van der Waals surface area contributed by atoms with Crippen LogP contribution in [0.3, 0.4) is 0 Å². The van der Waals surface area contributed by atoms with E-state index in [2.05, 4.69) is 18.7 Å². The normalized spacial score (nSPS) is 20.8. The molecule has 0 spiro atoms. The van der Waals surface area contributed by atoms with Gasteiger partial charge in [-0.05, 0) is 48.6 Å². The van der Waals surface area contributed by atoms with E-state index in [0.29, 0.717) is 9.79 Å². The third-order valence-electron chi connectivity index (χ3n) is 5.36. The van der Waals surface area contributed by atoms with Gasteiger partial charge in [0.2, 0.25) is 9.84 Å². The molecule has 140 valence electrons. The van der Waals surface area contributed by atoms with E-state index in [9.17, 15) is 8.42 Å². The van der Waals surface area contributed by atoms with Crippen LogP contribution in [0, 0.1) is 12.3 Å². The number of sulfone groups is 1. The second kappa shape index (κ2) is 7.14. The Hall–Kier alpha value is -1.69. The van der Waals surface area contributed by atoms with E-state index < -0.39 is 9.84 Å². The Labute approximate surface area is 156 Å². The number of hydrogen-bond acceptors (Lipinski definition) is 4. The lowest BCUT2D eigenvalue weighted by molar-refractivity contribution is 0.0899. The van der Waals surface area contributed by atoms with Crippen LogP contribution in [0.2, 0.25) is 0 Å². The number of nitrogens with two attached hydrogens (primary N) is 1. The third kappa shape index (κ3) is 4.00. The number of hydrogen-bond donors (Lipinski definition) is 1. The predicted octanol–water partition coefficient (Wildman–Crippen LogP) is 3.39. The van der Waals surface area contributed by atoms with Crippen molar-refractivity contribution in [3.05, 3.63) is 59.7 Å². The molecule has 1 heterocycles. The average molecular weight is 373 g/mol. The lowest BCUT2D eigenvalue weighted by Crippen LogP contribution is -2.52. The predicted molar refractivity (Wildman–Crippen MR) is 105 cm³/mol. The van der Waals surface area contributed by atoms with Crippen molar-refractivity contribution in [3.8, 4) is 0 Å². The highest BCUT2D eigenvalue weighted by molar-refractivity contribution is 7.91. The molecular weight excluding hydrogens is 344 g/mol. The van der Waals surface area contributed by atoms with Gasteiger partial charge in [0.05, 0.1) is 9.79 Å². The van der Waals surface area contributed by atoms with Gasteiger partial charge in [-0.1, -0.05) is 43.7 Å². The van der Waals surface area contributed by atoms with E-state index in [1.165, 1.54) is 0 Å². The Balaban J connectivity index is 1.73. The van der Waals surface area contributed by atoms with E-state index in [-0.39, 0.29) is 11.5 Å². The summed E-state index contributed by atoms with van der Waals surface area (Å²) in [7, 11) is -3.46. The van der Waals surface area contributed by atoms with Crippen molar-refractivity contribution in [2.75, 3.05) is 13.1 Å². The summed E-state index contributed by atoms with van der Waals surface area (Å²) in [6, 6.07) is 14.5. The minimum Gasteiger partial charge on any atom is -0.327 e. The van der Waals surface area contributed by atoms with E-state index >= 15 is 0 Å². The second-order valence-corrected chi connectivity index (χ2v) is 10.0. The molecule has 1 aliphatic rings. The number of aryl methyl sites for hydroxylation is 1. The third-order valence-corrected chi connectivity index (χ3v) is 7.15. The molecule has 2 aromatic carbocycles. The Morgan fingerprint density at radius 3 is 2.12 bits per heavy atom. The highest BCUT2D eigenvalue weighted by Crippen LogP contribution is 2.29. The molecule has 1 atom stereocenters. The van der Waals surface area contributed by atoms with Gasteiger partial charge in [-0.2, -0.15) is 0 Å². The molecule has 0 bridgehead atoms. The summed E-state index contributed by atoms with van der Waals surface area (Å²) in [6.45, 7) is 9.12. The van der Waals surface area contributed by atoms with Crippen molar-refractivity contribution in [1.29, 1.82) is 0 Å². The number of piperidine rings is 1. The largest absolute Gasteiger partial charge is 0.327 e. The summed E-state index contributed by atoms with van der Waals surface area (Å²) >= 11 is 0. The van der Waals surface area contributed by atoms with Gasteiger partial charge >= 0.3 is 0 Å². The smallest absolute Gasteiger partial charge is 0.206 e. The first-order valence-corrected chi connectivity index (χ1v) is 10.6. The van der Waals surface area contributed by atoms with Crippen molar-refractivity contribution in [1.82, 2.24) is 4.90 Å². The minimum absolute atomic E-state index is 0.104. The van der Waals surface area contributed by atoms with Crippen LogP contribution in [0.1, 0.15) is 31.4 Å². The molecule has 2 N–H and O–H groups in total. The number of likely N-dealkylation sites (tertiary alicyclic amines) is 1. The van der Waals surface area contributed by atoms with E-state index in [4.69, 9.17) is 5.73 Å². The maximum Gasteiger partial charge on any atom is 0.206 e. The van der Waals surface area contributed by atoms with Crippen LogP contribution in [0.4, 0.5) is 0 Å². The van der Waals surface area contributed by atoms with Gasteiger partial charge in [0, 0.05) is 25.7 Å². The van der Waals surface area contributed by atoms with Gasteiger partial charge in [-0.15, -0.1) is 0 Å². The quantitative estimate of drug-likeness (QED) is 0.894. The van der Waals surface area contributed by atoms with Gasteiger partial charge in [0.1, 0.15) is 0 Å². The van der Waals surface area contributed by atoms with Gasteiger partial charge in [0.15, 0.2) is 0 Å². The average Bonchev–Trinajstić information content (AvgIpc) is 2.59. The molecule has 1 fully saturated rings. The molecular formula is C21H28N2O2S. The highest BCUT2D eigenvalue weighted by atomic mass is 32.2. The van der Waals surface area contributed by atoms with Crippen LogP contribution in [0.25, 0.3) is 0 Å². The molecule has 0 aliphatic carbocycles. The molecule has 0 aromatic heterocycles. The zero-order chi connectivity index (χ0) is 18.9. The summed E-state index contributed by atoms with van der Waals surface area (Å²) in [5, 5.41) is 0. The first-order valence-electron chi connectivity index (χ1n) is 9.07. The van der Waals surface area contributed by atoms with Crippen molar-refractivity contribution in [2.24, 2.45) is 11.1 Å². The Morgan fingerprint density at radius 1 is 1.04 bits per heavy atom. The monoisotopic (exact) mass is 372 g/mol. The molecule has 0 radical (unpaired) electrons. The lowest BCUT2D eigenvalue weighted by atomic mass is 9.79. The maximum atomic E-state index is 12.7. The van der Waals surface area contributed by atoms with E-state index in [1.54, 1.807) is 24.3 Å². The van der Waals surface area contributed by atoms with Gasteiger partial charge in [-0.3, -0.25) is 4.90 Å². The Bertz CT molecular complexity index is 856. The van der Waals surface area contributed by atoms with Crippen molar-refractivity contribution in [2.45, 2.75) is 49.6 Å². The first kappa shape index (κ1) is 19.1. The summed E-state index contributed by atoms with van der Waals surface area (Å²) in [5.74, 6) is 0. The fourth-order valence-electron chi connectivity index (χ4n) is 3.51.